The van der Waals surface area contributed by atoms with Gasteiger partial charge in [0.1, 0.15) is 0 Å². The molecule has 0 saturated heterocycles. The smallest absolute Gasteiger partial charge is 0.470 e. The number of nitrogens with two attached hydrogens (primary N) is 1. The van der Waals surface area contributed by atoms with Crippen molar-refractivity contribution in [2.24, 2.45) is 5.73 Å². The van der Waals surface area contributed by atoms with Gasteiger partial charge in [-0.25, -0.2) is 0 Å². The van der Waals surface area contributed by atoms with E-state index in [1.54, 1.807) is 0 Å². The van der Waals surface area contributed by atoms with Crippen LogP contribution >= 0.6 is 0 Å². The molecule has 11 heavy (non-hydrogen) atoms. The van der Waals surface area contributed by atoms with E-state index in [0.29, 0.717) is 0 Å². The summed E-state index contributed by atoms with van der Waals surface area (Å²) < 4.78 is 32.1. The molecule has 0 rings (SSSR count). The SMILES string of the molecule is CC(=O)O.NC(=O)C(F)(F)F. The Morgan fingerprint density at radius 2 is 1.45 bits per heavy atom. The molecule has 66 valence electrons. The first-order valence-electron chi connectivity index (χ1n) is 2.24. The number of amides is 1. The number of aliphatic carboxylic acids is 1. The molecule has 0 aliphatic carbocycles. The molecule has 0 atom stereocenters. The molecule has 0 fully saturated rings. The van der Waals surface area contributed by atoms with Crippen LogP contribution in [0.15, 0.2) is 0 Å². The average molecular weight is 173 g/mol. The van der Waals surface area contributed by atoms with Crippen molar-refractivity contribution in [3.05, 3.63) is 0 Å². The highest BCUT2D eigenvalue weighted by molar-refractivity contribution is 5.79. The van der Waals surface area contributed by atoms with Gasteiger partial charge in [-0.2, -0.15) is 13.2 Å². The zero-order valence-electron chi connectivity index (χ0n) is 5.47. The van der Waals surface area contributed by atoms with Gasteiger partial charge in [-0.1, -0.05) is 0 Å². The molecule has 0 aromatic carbocycles. The van der Waals surface area contributed by atoms with Crippen LogP contribution in [0.2, 0.25) is 0 Å². The van der Waals surface area contributed by atoms with Crippen LogP contribution < -0.4 is 5.73 Å². The van der Waals surface area contributed by atoms with Crippen molar-refractivity contribution in [1.82, 2.24) is 0 Å². The number of carbonyl (C=O) groups excluding carboxylic acids is 1. The minimum Gasteiger partial charge on any atom is -0.481 e. The van der Waals surface area contributed by atoms with E-state index in [1.807, 2.05) is 0 Å². The molecule has 0 aliphatic heterocycles. The van der Waals surface area contributed by atoms with Gasteiger partial charge in [0, 0.05) is 6.92 Å². The van der Waals surface area contributed by atoms with Gasteiger partial charge in [0.15, 0.2) is 0 Å². The molecule has 0 aliphatic rings. The molecule has 1 amide bonds. The third kappa shape index (κ3) is 17.7. The summed E-state index contributed by atoms with van der Waals surface area (Å²) >= 11 is 0. The third-order valence-corrected chi connectivity index (χ3v) is 0.279. The van der Waals surface area contributed by atoms with E-state index in [-0.39, 0.29) is 0 Å². The maximum Gasteiger partial charge on any atom is 0.470 e. The summed E-state index contributed by atoms with van der Waals surface area (Å²) in [7, 11) is 0. The second-order valence-electron chi connectivity index (χ2n) is 1.38. The van der Waals surface area contributed by atoms with Crippen molar-refractivity contribution in [2.75, 3.05) is 0 Å². The second kappa shape index (κ2) is 4.53. The van der Waals surface area contributed by atoms with Crippen molar-refractivity contribution in [3.63, 3.8) is 0 Å². The fourth-order valence-corrected chi connectivity index (χ4v) is 0. The topological polar surface area (TPSA) is 80.4 Å². The number of alkyl halides is 3. The molecule has 3 N–H and O–H groups in total. The molecule has 4 nitrogen and oxygen atoms in total. The summed E-state index contributed by atoms with van der Waals surface area (Å²) in [6, 6.07) is 0. The zero-order chi connectivity index (χ0) is 9.65. The van der Waals surface area contributed by atoms with Gasteiger partial charge in [0.25, 0.3) is 5.97 Å². The van der Waals surface area contributed by atoms with Crippen molar-refractivity contribution in [2.45, 2.75) is 13.1 Å². The van der Waals surface area contributed by atoms with Gasteiger partial charge in [-0.05, 0) is 0 Å². The van der Waals surface area contributed by atoms with Crippen LogP contribution in [0, 0.1) is 0 Å². The summed E-state index contributed by atoms with van der Waals surface area (Å²) in [6.07, 6.45) is -4.86. The van der Waals surface area contributed by atoms with Crippen LogP contribution in [0.25, 0.3) is 0 Å². The fraction of sp³-hybridized carbons (Fsp3) is 0.500. The normalized spacial score (nSPS) is 9.45. The van der Waals surface area contributed by atoms with E-state index in [1.165, 1.54) is 0 Å². The zero-order valence-corrected chi connectivity index (χ0v) is 5.47. The maximum atomic E-state index is 10.7. The Morgan fingerprint density at radius 1 is 1.36 bits per heavy atom. The number of hydrogen-bond donors (Lipinski definition) is 2. The van der Waals surface area contributed by atoms with Crippen LogP contribution in [0.3, 0.4) is 0 Å². The summed E-state index contributed by atoms with van der Waals surface area (Å²) in [6.45, 7) is 1.08. The van der Waals surface area contributed by atoms with E-state index in [9.17, 15) is 13.2 Å². The number of primary amides is 1. The summed E-state index contributed by atoms with van der Waals surface area (Å²) in [5.41, 5.74) is 3.81. The molecule has 0 heterocycles. The minimum absolute atomic E-state index is 0.833. The Kier molecular flexibility index (Phi) is 5.11. The van der Waals surface area contributed by atoms with Gasteiger partial charge in [0.2, 0.25) is 0 Å². The third-order valence-electron chi connectivity index (χ3n) is 0.279. The largest absolute Gasteiger partial charge is 0.481 e. The van der Waals surface area contributed by atoms with E-state index in [2.05, 4.69) is 5.73 Å². The summed E-state index contributed by atoms with van der Waals surface area (Å²) in [4.78, 5) is 18.1. The van der Waals surface area contributed by atoms with Crippen molar-refractivity contribution >= 4 is 11.9 Å². The molecular weight excluding hydrogens is 167 g/mol. The fourth-order valence-electron chi connectivity index (χ4n) is 0. The van der Waals surface area contributed by atoms with Gasteiger partial charge < -0.3 is 10.8 Å². The van der Waals surface area contributed by atoms with Gasteiger partial charge in [-0.3, -0.25) is 9.59 Å². The molecule has 0 saturated carbocycles. The number of halogens is 3. The van der Waals surface area contributed by atoms with E-state index >= 15 is 0 Å². The minimum atomic E-state index is -4.86. The van der Waals surface area contributed by atoms with Crippen molar-refractivity contribution in [1.29, 1.82) is 0 Å². The highest BCUT2D eigenvalue weighted by Gasteiger charge is 2.35. The quantitative estimate of drug-likeness (QED) is 0.546. The van der Waals surface area contributed by atoms with Crippen LogP contribution in [0.4, 0.5) is 13.2 Å². The lowest BCUT2D eigenvalue weighted by Gasteiger charge is -1.95. The summed E-state index contributed by atoms with van der Waals surface area (Å²) in [5, 5.41) is 7.42. The monoisotopic (exact) mass is 173 g/mol. The lowest BCUT2D eigenvalue weighted by atomic mass is 10.6. The van der Waals surface area contributed by atoms with E-state index in [4.69, 9.17) is 14.7 Å². The Morgan fingerprint density at radius 3 is 1.45 bits per heavy atom. The van der Waals surface area contributed by atoms with Gasteiger partial charge in [-0.15, -0.1) is 0 Å². The Balaban J connectivity index is 0. The number of rotatable bonds is 0. The molecule has 0 bridgehead atoms. The van der Waals surface area contributed by atoms with Crippen LogP contribution in [-0.4, -0.2) is 23.2 Å². The van der Waals surface area contributed by atoms with Crippen LogP contribution in [0.1, 0.15) is 6.92 Å². The number of carboxylic acid groups (broad SMARTS) is 1. The molecule has 0 radical (unpaired) electrons. The first-order valence-corrected chi connectivity index (χ1v) is 2.24. The van der Waals surface area contributed by atoms with Crippen LogP contribution in [-0.2, 0) is 9.59 Å². The molecule has 0 unspecified atom stereocenters. The lowest BCUT2D eigenvalue weighted by molar-refractivity contribution is -0.169. The highest BCUT2D eigenvalue weighted by atomic mass is 19.4. The standard InChI is InChI=1S/C2H2F3NO.C2H4O2/c3-2(4,5)1(6)7;1-2(3)4/h(H2,6,7);1H3,(H,3,4). The summed E-state index contributed by atoms with van der Waals surface area (Å²) in [5.74, 6) is -3.09. The molecule has 0 spiro atoms. The molecule has 0 aromatic heterocycles. The Bertz CT molecular complexity index is 149. The number of carbonyl (C=O) groups is 2. The van der Waals surface area contributed by atoms with Crippen molar-refractivity contribution < 1.29 is 27.9 Å². The predicted octanol–water partition coefficient (Wildman–Crippen LogP) is 0.125. The van der Waals surface area contributed by atoms with Gasteiger partial charge >= 0.3 is 12.1 Å². The first kappa shape index (κ1) is 12.4. The van der Waals surface area contributed by atoms with Crippen LogP contribution in [0.5, 0.6) is 0 Å². The molecule has 0 aromatic rings. The van der Waals surface area contributed by atoms with Gasteiger partial charge in [0.05, 0.1) is 0 Å². The number of hydrogen-bond acceptors (Lipinski definition) is 2. The second-order valence-corrected chi connectivity index (χ2v) is 1.38. The first-order chi connectivity index (χ1) is 4.68. The lowest BCUT2D eigenvalue weighted by Crippen LogP contribution is -2.30. The highest BCUT2D eigenvalue weighted by Crippen LogP contribution is 2.11. The molecule has 7 heteroatoms. The predicted molar refractivity (Wildman–Crippen MR) is 28.6 cm³/mol. The maximum absolute atomic E-state index is 10.7. The average Bonchev–Trinajstić information content (AvgIpc) is 1.59. The molecular formula is C4H6F3NO3. The van der Waals surface area contributed by atoms with E-state index in [0.717, 1.165) is 6.92 Å². The van der Waals surface area contributed by atoms with E-state index < -0.39 is 18.1 Å². The Labute approximate surface area is 59.8 Å². The number of carboxylic acids is 1. The van der Waals surface area contributed by atoms with Crippen molar-refractivity contribution in [3.8, 4) is 0 Å². The Hall–Kier alpha value is -1.27.